The number of aliphatic hydroxyl groups excluding tert-OH is 1. The number of Topliss-reactive ketones (excluding diaryl/α,β-unsaturated/α-hetero) is 1. The van der Waals surface area contributed by atoms with Crippen LogP contribution in [0.3, 0.4) is 0 Å². The van der Waals surface area contributed by atoms with Gasteiger partial charge in [0.25, 0.3) is 5.78 Å². The molecule has 1 aliphatic heterocycles. The number of thioether (sulfide) groups is 1. The van der Waals surface area contributed by atoms with Crippen molar-refractivity contribution in [2.75, 3.05) is 4.90 Å². The van der Waals surface area contributed by atoms with E-state index >= 15 is 0 Å². The molecule has 5 rings (SSSR count). The molecule has 1 N–H and O–H groups in total. The molecular weight excluding hydrogens is 504 g/mol. The second-order valence-electron chi connectivity index (χ2n) is 8.62. The van der Waals surface area contributed by atoms with Gasteiger partial charge < -0.3 is 5.11 Å². The highest BCUT2D eigenvalue weighted by molar-refractivity contribution is 8.00. The van der Waals surface area contributed by atoms with Crippen LogP contribution < -0.4 is 4.90 Å². The van der Waals surface area contributed by atoms with E-state index in [4.69, 9.17) is 0 Å². The summed E-state index contributed by atoms with van der Waals surface area (Å²) in [5, 5.41) is 20.0. The van der Waals surface area contributed by atoms with Gasteiger partial charge in [0, 0.05) is 23.7 Å². The number of ketones is 1. The molecule has 0 spiro atoms. The van der Waals surface area contributed by atoms with E-state index in [2.05, 4.69) is 46.4 Å². The van der Waals surface area contributed by atoms with Crippen LogP contribution in [-0.2, 0) is 21.8 Å². The lowest BCUT2D eigenvalue weighted by Crippen LogP contribution is -2.29. The number of amides is 1. The van der Waals surface area contributed by atoms with Crippen LogP contribution in [0.2, 0.25) is 0 Å². The summed E-state index contributed by atoms with van der Waals surface area (Å²) in [6, 6.07) is 18.3. The maximum Gasteiger partial charge on any atom is 0.301 e. The van der Waals surface area contributed by atoms with Gasteiger partial charge in [0.05, 0.1) is 11.6 Å². The molecule has 0 radical (unpaired) electrons. The number of carbonyl (C=O) groups is 2. The number of aryl methyl sites for hydroxylation is 2. The number of pyridine rings is 1. The maximum atomic E-state index is 13.3. The monoisotopic (exact) mass is 528 g/mol. The van der Waals surface area contributed by atoms with Crippen LogP contribution in [0.4, 0.5) is 5.13 Å². The van der Waals surface area contributed by atoms with Gasteiger partial charge in [0.1, 0.15) is 5.76 Å². The van der Waals surface area contributed by atoms with Gasteiger partial charge >= 0.3 is 5.91 Å². The topological polar surface area (TPSA) is 96.3 Å². The summed E-state index contributed by atoms with van der Waals surface area (Å²) in [5.41, 5.74) is 4.61. The van der Waals surface area contributed by atoms with E-state index in [0.717, 1.165) is 17.5 Å². The lowest BCUT2D eigenvalue weighted by atomic mass is 9.95. The van der Waals surface area contributed by atoms with Crippen molar-refractivity contribution in [2.24, 2.45) is 0 Å². The molecule has 1 fully saturated rings. The number of aliphatic hydroxyl groups is 1. The standard InChI is InChI=1S/C28H24N4O3S2/c1-3-18-8-10-20(11-9-18)23-22(24(33)21-12-14-29-15-13-21)25(34)26(35)32(23)27-30-31-28(37-27)36-16-19-6-4-17(2)5-7-19/h4-15,23,33H,3,16H2,1-2H3. The Morgan fingerprint density at radius 1 is 0.973 bits per heavy atom. The molecule has 186 valence electrons. The molecule has 7 nitrogen and oxygen atoms in total. The number of hydrogen-bond donors (Lipinski definition) is 1. The fourth-order valence-electron chi connectivity index (χ4n) is 4.13. The summed E-state index contributed by atoms with van der Waals surface area (Å²) in [6.07, 6.45) is 3.91. The summed E-state index contributed by atoms with van der Waals surface area (Å²) in [4.78, 5) is 31.9. The molecule has 37 heavy (non-hydrogen) atoms. The van der Waals surface area contributed by atoms with Gasteiger partial charge in [-0.3, -0.25) is 19.5 Å². The lowest BCUT2D eigenvalue weighted by Gasteiger charge is -2.22. The molecule has 1 atom stereocenters. The highest BCUT2D eigenvalue weighted by Gasteiger charge is 2.48. The van der Waals surface area contributed by atoms with Crippen molar-refractivity contribution in [1.82, 2.24) is 15.2 Å². The van der Waals surface area contributed by atoms with Crippen LogP contribution in [0.5, 0.6) is 0 Å². The fraction of sp³-hybridized carbons (Fsp3) is 0.179. The zero-order valence-electron chi connectivity index (χ0n) is 20.3. The molecule has 1 unspecified atom stereocenters. The van der Waals surface area contributed by atoms with E-state index in [1.165, 1.54) is 46.0 Å². The minimum absolute atomic E-state index is 0.0181. The van der Waals surface area contributed by atoms with E-state index in [9.17, 15) is 14.7 Å². The largest absolute Gasteiger partial charge is 0.507 e. The summed E-state index contributed by atoms with van der Waals surface area (Å²) >= 11 is 2.77. The van der Waals surface area contributed by atoms with Crippen LogP contribution in [0.25, 0.3) is 5.76 Å². The molecule has 0 saturated carbocycles. The third-order valence-electron chi connectivity index (χ3n) is 6.19. The molecule has 3 heterocycles. The van der Waals surface area contributed by atoms with Crippen molar-refractivity contribution in [1.29, 1.82) is 0 Å². The van der Waals surface area contributed by atoms with Crippen molar-refractivity contribution in [3.8, 4) is 0 Å². The van der Waals surface area contributed by atoms with E-state index in [-0.39, 0.29) is 11.3 Å². The second-order valence-corrected chi connectivity index (χ2v) is 10.8. The minimum atomic E-state index is -0.832. The van der Waals surface area contributed by atoms with Gasteiger partial charge in [0.2, 0.25) is 5.13 Å². The summed E-state index contributed by atoms with van der Waals surface area (Å²) in [7, 11) is 0. The highest BCUT2D eigenvalue weighted by atomic mass is 32.2. The van der Waals surface area contributed by atoms with Gasteiger partial charge in [0.15, 0.2) is 4.34 Å². The quantitative estimate of drug-likeness (QED) is 0.108. The van der Waals surface area contributed by atoms with Gasteiger partial charge in [-0.25, -0.2) is 0 Å². The third-order valence-corrected chi connectivity index (χ3v) is 8.31. The highest BCUT2D eigenvalue weighted by Crippen LogP contribution is 2.44. The first-order chi connectivity index (χ1) is 18.0. The average molecular weight is 529 g/mol. The first-order valence-corrected chi connectivity index (χ1v) is 13.6. The number of anilines is 1. The number of benzene rings is 2. The maximum absolute atomic E-state index is 13.3. The van der Waals surface area contributed by atoms with Crippen molar-refractivity contribution in [2.45, 2.75) is 36.4 Å². The van der Waals surface area contributed by atoms with E-state index in [1.54, 1.807) is 12.1 Å². The molecule has 1 saturated heterocycles. The van der Waals surface area contributed by atoms with Gasteiger partial charge in [-0.05, 0) is 42.2 Å². The Bertz CT molecular complexity index is 1470. The Hall–Kier alpha value is -3.82. The SMILES string of the molecule is CCc1ccc(C2C(=C(O)c3ccncc3)C(=O)C(=O)N2c2nnc(SCc3ccc(C)cc3)s2)cc1. The Morgan fingerprint density at radius 3 is 2.32 bits per heavy atom. The van der Waals surface area contributed by atoms with Crippen molar-refractivity contribution < 1.29 is 14.7 Å². The average Bonchev–Trinajstić information content (AvgIpc) is 3.50. The Balaban J connectivity index is 1.52. The normalized spacial score (nSPS) is 16.9. The van der Waals surface area contributed by atoms with Crippen LogP contribution in [0.15, 0.2) is 83.0 Å². The third kappa shape index (κ3) is 5.05. The predicted molar refractivity (Wildman–Crippen MR) is 145 cm³/mol. The lowest BCUT2D eigenvalue weighted by molar-refractivity contribution is -0.132. The molecule has 2 aromatic carbocycles. The first kappa shape index (κ1) is 24.9. The van der Waals surface area contributed by atoms with Crippen LogP contribution in [-0.4, -0.2) is 32.0 Å². The van der Waals surface area contributed by atoms with Crippen molar-refractivity contribution >= 4 is 45.7 Å². The molecular formula is C28H24N4O3S2. The fourth-order valence-corrected chi connectivity index (χ4v) is 5.96. The minimum Gasteiger partial charge on any atom is -0.507 e. The van der Waals surface area contributed by atoms with Gasteiger partial charge in [-0.15, -0.1) is 10.2 Å². The second kappa shape index (κ2) is 10.7. The van der Waals surface area contributed by atoms with Crippen LogP contribution >= 0.6 is 23.1 Å². The molecule has 0 bridgehead atoms. The van der Waals surface area contributed by atoms with E-state index < -0.39 is 17.7 Å². The molecule has 0 aliphatic carbocycles. The zero-order chi connectivity index (χ0) is 25.9. The Morgan fingerprint density at radius 2 is 1.65 bits per heavy atom. The smallest absolute Gasteiger partial charge is 0.301 e. The molecule has 2 aromatic heterocycles. The number of rotatable bonds is 7. The van der Waals surface area contributed by atoms with Crippen molar-refractivity contribution in [3.05, 3.63) is 106 Å². The zero-order valence-corrected chi connectivity index (χ0v) is 21.9. The molecule has 4 aromatic rings. The van der Waals surface area contributed by atoms with E-state index in [0.29, 0.717) is 26.4 Å². The van der Waals surface area contributed by atoms with Gasteiger partial charge in [-0.1, -0.05) is 84.1 Å². The molecule has 1 amide bonds. The Kier molecular flexibility index (Phi) is 7.16. The van der Waals surface area contributed by atoms with Crippen LogP contribution in [0, 0.1) is 6.92 Å². The van der Waals surface area contributed by atoms with Gasteiger partial charge in [-0.2, -0.15) is 0 Å². The number of nitrogens with zero attached hydrogens (tertiary/aromatic N) is 4. The number of hydrogen-bond acceptors (Lipinski definition) is 8. The predicted octanol–water partition coefficient (Wildman–Crippen LogP) is 5.72. The van der Waals surface area contributed by atoms with Crippen molar-refractivity contribution in [3.63, 3.8) is 0 Å². The van der Waals surface area contributed by atoms with Crippen LogP contribution in [0.1, 0.15) is 40.8 Å². The van der Waals surface area contributed by atoms with E-state index in [1.807, 2.05) is 31.2 Å². The summed E-state index contributed by atoms with van der Waals surface area (Å²) in [6.45, 7) is 4.10. The molecule has 1 aliphatic rings. The summed E-state index contributed by atoms with van der Waals surface area (Å²) < 4.78 is 0.687. The Labute approximate surface area is 222 Å². The first-order valence-electron chi connectivity index (χ1n) is 11.8. The number of aromatic nitrogens is 3. The molecule has 9 heteroatoms. The number of carbonyl (C=O) groups excluding carboxylic acids is 2. The summed E-state index contributed by atoms with van der Waals surface area (Å²) in [5.74, 6) is -1.04.